The van der Waals surface area contributed by atoms with E-state index < -0.39 is 12.1 Å². The molecule has 132 valence electrons. The van der Waals surface area contributed by atoms with Gasteiger partial charge in [0.15, 0.2) is 17.3 Å². The Labute approximate surface area is 144 Å². The van der Waals surface area contributed by atoms with Gasteiger partial charge in [0.2, 0.25) is 0 Å². The molecule has 2 aliphatic heterocycles. The van der Waals surface area contributed by atoms with Gasteiger partial charge in [-0.1, -0.05) is 0 Å². The molecule has 0 radical (unpaired) electrons. The molecule has 3 heterocycles. The quantitative estimate of drug-likeness (QED) is 0.896. The smallest absolute Gasteiger partial charge is 0.416 e. The molecule has 0 unspecified atom stereocenters. The summed E-state index contributed by atoms with van der Waals surface area (Å²) in [4.78, 5) is 36.0. The van der Waals surface area contributed by atoms with Crippen LogP contribution in [0.5, 0.6) is 0 Å². The molecule has 2 aliphatic carbocycles. The van der Waals surface area contributed by atoms with Crippen LogP contribution in [0.1, 0.15) is 49.0 Å². The first kappa shape index (κ1) is 14.9. The number of ether oxygens (including phenoxy) is 1. The highest BCUT2D eigenvalue weighted by Gasteiger charge is 2.58. The molecule has 8 nitrogen and oxygen atoms in total. The number of carboxylic acids is 1. The Bertz CT molecular complexity index is 762. The number of aromatic carboxylic acids is 1. The molecule has 1 aromatic rings. The zero-order chi connectivity index (χ0) is 17.2. The van der Waals surface area contributed by atoms with E-state index >= 15 is 0 Å². The van der Waals surface area contributed by atoms with Gasteiger partial charge in [0, 0.05) is 13.1 Å². The molecule has 0 aromatic carbocycles. The highest BCUT2D eigenvalue weighted by molar-refractivity contribution is 5.94. The molecule has 2 spiro atoms. The van der Waals surface area contributed by atoms with E-state index in [4.69, 9.17) is 4.74 Å². The van der Waals surface area contributed by atoms with E-state index in [1.54, 1.807) is 4.90 Å². The molecule has 25 heavy (non-hydrogen) atoms. The summed E-state index contributed by atoms with van der Waals surface area (Å²) in [5.74, 6) is -0.325. The minimum atomic E-state index is -1.09. The maximum absolute atomic E-state index is 12.1. The number of carboxylic acid groups (broad SMARTS) is 1. The average Bonchev–Trinajstić information content (AvgIpc) is 3.51. The van der Waals surface area contributed by atoms with Gasteiger partial charge in [0.25, 0.3) is 0 Å². The number of hydrogen-bond acceptors (Lipinski definition) is 6. The van der Waals surface area contributed by atoms with Gasteiger partial charge in [-0.05, 0) is 43.9 Å². The number of rotatable bonds is 3. The lowest BCUT2D eigenvalue weighted by Gasteiger charge is -2.33. The van der Waals surface area contributed by atoms with Crippen LogP contribution in [-0.4, -0.2) is 52.4 Å². The van der Waals surface area contributed by atoms with Crippen LogP contribution in [0.3, 0.4) is 0 Å². The topological polar surface area (TPSA) is 95.9 Å². The second kappa shape index (κ2) is 4.83. The summed E-state index contributed by atoms with van der Waals surface area (Å²) in [6.45, 7) is 1.94. The zero-order valence-electron chi connectivity index (χ0n) is 13.9. The third-order valence-electron chi connectivity index (χ3n) is 6.20. The number of cyclic esters (lactones) is 1. The summed E-state index contributed by atoms with van der Waals surface area (Å²) >= 11 is 0. The Hall–Kier alpha value is -2.38. The minimum absolute atomic E-state index is 0.0482. The van der Waals surface area contributed by atoms with Gasteiger partial charge >= 0.3 is 12.1 Å². The highest BCUT2D eigenvalue weighted by atomic mass is 16.6. The average molecular weight is 344 g/mol. The Morgan fingerprint density at radius 2 is 1.88 bits per heavy atom. The third kappa shape index (κ3) is 2.26. The second-order valence-electron chi connectivity index (χ2n) is 7.81. The van der Waals surface area contributed by atoms with E-state index in [9.17, 15) is 14.7 Å². The maximum Gasteiger partial charge on any atom is 0.416 e. The van der Waals surface area contributed by atoms with E-state index in [2.05, 4.69) is 9.97 Å². The van der Waals surface area contributed by atoms with Crippen molar-refractivity contribution in [2.24, 2.45) is 5.41 Å². The van der Waals surface area contributed by atoms with Crippen molar-refractivity contribution in [3.05, 3.63) is 11.9 Å². The zero-order valence-corrected chi connectivity index (χ0v) is 13.9. The Morgan fingerprint density at radius 1 is 1.16 bits per heavy atom. The van der Waals surface area contributed by atoms with Crippen molar-refractivity contribution in [3.8, 4) is 0 Å². The first-order chi connectivity index (χ1) is 12.0. The van der Waals surface area contributed by atoms with Crippen LogP contribution in [0, 0.1) is 5.41 Å². The molecule has 8 heteroatoms. The molecule has 5 rings (SSSR count). The van der Waals surface area contributed by atoms with Crippen LogP contribution < -0.4 is 9.80 Å². The standard InChI is InChI=1S/C17H20N4O4/c22-14(23)12-13(20-7-5-16(1-2-16)6-8-20)19-11(9-18-12)21-15(24)25-10-17(21)3-4-17/h9H,1-8,10H2,(H,22,23). The van der Waals surface area contributed by atoms with Crippen molar-refractivity contribution in [3.63, 3.8) is 0 Å². The summed E-state index contributed by atoms with van der Waals surface area (Å²) < 4.78 is 5.19. The van der Waals surface area contributed by atoms with Crippen LogP contribution in [0.4, 0.5) is 16.4 Å². The Kier molecular flexibility index (Phi) is 2.88. The van der Waals surface area contributed by atoms with Crippen molar-refractivity contribution in [1.82, 2.24) is 9.97 Å². The van der Waals surface area contributed by atoms with Crippen molar-refractivity contribution in [2.45, 2.75) is 44.1 Å². The van der Waals surface area contributed by atoms with E-state index in [0.717, 1.165) is 38.8 Å². The molecule has 1 N–H and O–H groups in total. The third-order valence-corrected chi connectivity index (χ3v) is 6.20. The van der Waals surface area contributed by atoms with Gasteiger partial charge in [0.1, 0.15) is 6.61 Å². The summed E-state index contributed by atoms with van der Waals surface area (Å²) in [6.07, 6.45) is 7.40. The molecule has 2 saturated heterocycles. The van der Waals surface area contributed by atoms with Gasteiger partial charge < -0.3 is 14.7 Å². The number of aromatic nitrogens is 2. The molecule has 4 aliphatic rings. The molecule has 1 aromatic heterocycles. The molecule has 4 fully saturated rings. The number of amides is 1. The fraction of sp³-hybridized carbons (Fsp3) is 0.647. The lowest BCUT2D eigenvalue weighted by molar-refractivity contribution is 0.0690. The fourth-order valence-electron chi connectivity index (χ4n) is 4.09. The van der Waals surface area contributed by atoms with Gasteiger partial charge in [0.05, 0.1) is 11.7 Å². The molecular formula is C17H20N4O4. The highest BCUT2D eigenvalue weighted by Crippen LogP contribution is 2.54. The van der Waals surface area contributed by atoms with Crippen molar-refractivity contribution in [1.29, 1.82) is 0 Å². The number of carbonyl (C=O) groups excluding carboxylic acids is 1. The first-order valence-corrected chi connectivity index (χ1v) is 8.84. The molecule has 2 saturated carbocycles. The number of anilines is 2. The van der Waals surface area contributed by atoms with Gasteiger partial charge in [-0.3, -0.25) is 4.90 Å². The van der Waals surface area contributed by atoms with Crippen LogP contribution in [-0.2, 0) is 4.74 Å². The molecular weight excluding hydrogens is 324 g/mol. The summed E-state index contributed by atoms with van der Waals surface area (Å²) in [5.41, 5.74) is 0.142. The predicted octanol–water partition coefficient (Wildman–Crippen LogP) is 2.04. The number of piperidine rings is 1. The lowest BCUT2D eigenvalue weighted by Crippen LogP contribution is -2.39. The van der Waals surface area contributed by atoms with Crippen LogP contribution in [0.2, 0.25) is 0 Å². The van der Waals surface area contributed by atoms with Gasteiger partial charge in [-0.15, -0.1) is 0 Å². The Balaban J connectivity index is 1.50. The van der Waals surface area contributed by atoms with Gasteiger partial charge in [-0.25, -0.2) is 19.6 Å². The summed E-state index contributed by atoms with van der Waals surface area (Å²) in [7, 11) is 0. The van der Waals surface area contributed by atoms with Gasteiger partial charge in [-0.2, -0.15) is 0 Å². The fourth-order valence-corrected chi connectivity index (χ4v) is 4.09. The van der Waals surface area contributed by atoms with E-state index in [1.807, 2.05) is 4.90 Å². The predicted molar refractivity (Wildman–Crippen MR) is 87.9 cm³/mol. The summed E-state index contributed by atoms with van der Waals surface area (Å²) in [6, 6.07) is 0. The monoisotopic (exact) mass is 344 g/mol. The summed E-state index contributed by atoms with van der Waals surface area (Å²) in [5, 5.41) is 9.50. The second-order valence-corrected chi connectivity index (χ2v) is 7.81. The normalized spacial score (nSPS) is 25.4. The van der Waals surface area contributed by atoms with Crippen molar-refractivity contribution < 1.29 is 19.4 Å². The molecule has 0 atom stereocenters. The van der Waals surface area contributed by atoms with Crippen LogP contribution in [0.25, 0.3) is 0 Å². The first-order valence-electron chi connectivity index (χ1n) is 8.84. The van der Waals surface area contributed by atoms with Crippen molar-refractivity contribution in [2.75, 3.05) is 29.5 Å². The lowest BCUT2D eigenvalue weighted by atomic mass is 9.94. The van der Waals surface area contributed by atoms with Crippen LogP contribution >= 0.6 is 0 Å². The number of carbonyl (C=O) groups is 2. The van der Waals surface area contributed by atoms with Crippen molar-refractivity contribution >= 4 is 23.7 Å². The SMILES string of the molecule is O=C(O)c1ncc(N2C(=O)OCC23CC3)nc1N1CCC2(CC1)CC2. The maximum atomic E-state index is 12.1. The Morgan fingerprint density at radius 3 is 2.48 bits per heavy atom. The molecule has 1 amide bonds. The molecule has 0 bridgehead atoms. The minimum Gasteiger partial charge on any atom is -0.476 e. The van der Waals surface area contributed by atoms with E-state index in [0.29, 0.717) is 23.7 Å². The van der Waals surface area contributed by atoms with E-state index in [-0.39, 0.29) is 11.2 Å². The number of nitrogens with zero attached hydrogens (tertiary/aromatic N) is 4. The number of hydrogen-bond donors (Lipinski definition) is 1. The van der Waals surface area contributed by atoms with Crippen LogP contribution in [0.15, 0.2) is 6.20 Å². The largest absolute Gasteiger partial charge is 0.476 e. The van der Waals surface area contributed by atoms with E-state index in [1.165, 1.54) is 19.0 Å².